The van der Waals surface area contributed by atoms with E-state index in [1.165, 1.54) is 0 Å². The lowest BCUT2D eigenvalue weighted by molar-refractivity contribution is -0.144. The summed E-state index contributed by atoms with van der Waals surface area (Å²) in [6.07, 6.45) is -0.804. The molecule has 0 unspecified atom stereocenters. The minimum atomic E-state index is -0.804. The van der Waals surface area contributed by atoms with E-state index in [2.05, 4.69) is 0 Å². The summed E-state index contributed by atoms with van der Waals surface area (Å²) < 4.78 is 22.6. The first-order chi connectivity index (χ1) is 12.8. The number of esters is 1. The highest BCUT2D eigenvalue weighted by atomic mass is 16.6. The largest absolute Gasteiger partial charge is 0.485 e. The molecule has 0 spiro atoms. The zero-order valence-electron chi connectivity index (χ0n) is 13.7. The molecular weight excluding hydrogens is 332 g/mol. The van der Waals surface area contributed by atoms with Gasteiger partial charge in [-0.3, -0.25) is 0 Å². The normalized spacial score (nSPS) is 15.9. The van der Waals surface area contributed by atoms with Crippen molar-refractivity contribution in [1.29, 1.82) is 0 Å². The minimum absolute atomic E-state index is 0.118. The molecule has 0 saturated carbocycles. The van der Waals surface area contributed by atoms with E-state index in [9.17, 15) is 4.79 Å². The Balaban J connectivity index is 1.41. The number of para-hydroxylation sites is 3. The van der Waals surface area contributed by atoms with Gasteiger partial charge in [0.05, 0.1) is 0 Å². The van der Waals surface area contributed by atoms with Crippen LogP contribution in [-0.2, 0) is 4.79 Å². The molecule has 0 saturated heterocycles. The predicted octanol–water partition coefficient (Wildman–Crippen LogP) is 4.33. The number of hydrogen-bond acceptors (Lipinski definition) is 5. The van der Waals surface area contributed by atoms with Crippen LogP contribution in [0.5, 0.6) is 17.2 Å². The van der Waals surface area contributed by atoms with Gasteiger partial charge in [-0.2, -0.15) is 0 Å². The van der Waals surface area contributed by atoms with Crippen molar-refractivity contribution in [3.8, 4) is 17.2 Å². The van der Waals surface area contributed by atoms with Crippen LogP contribution in [0.2, 0.25) is 0 Å². The van der Waals surface area contributed by atoms with Crippen molar-refractivity contribution in [2.24, 2.45) is 0 Å². The summed E-state index contributed by atoms with van der Waals surface area (Å²) in [5.74, 6) is 1.11. The molecule has 2 heterocycles. The second kappa shape index (κ2) is 5.81. The lowest BCUT2D eigenvalue weighted by atomic mass is 10.1. The molecule has 0 aliphatic carbocycles. The van der Waals surface area contributed by atoms with Crippen molar-refractivity contribution in [2.45, 2.75) is 6.10 Å². The average molecular weight is 346 g/mol. The van der Waals surface area contributed by atoms with Gasteiger partial charge in [0.2, 0.25) is 6.10 Å². The molecule has 0 radical (unpaired) electrons. The third kappa shape index (κ3) is 2.45. The molecule has 0 amide bonds. The van der Waals surface area contributed by atoms with Crippen LogP contribution in [0, 0.1) is 0 Å². The SMILES string of the molecule is O=C(Oc1ccc2oc3ccccc3c2c1)[C@@H]1COc2ccccc2O1. The molecule has 26 heavy (non-hydrogen) atoms. The van der Waals surface area contributed by atoms with Gasteiger partial charge in [0.15, 0.2) is 11.5 Å². The van der Waals surface area contributed by atoms with Gasteiger partial charge in [0, 0.05) is 10.8 Å². The highest BCUT2D eigenvalue weighted by Crippen LogP contribution is 2.33. The summed E-state index contributed by atoms with van der Waals surface area (Å²) >= 11 is 0. The number of carbonyl (C=O) groups excluding carboxylic acids is 1. The van der Waals surface area contributed by atoms with E-state index in [0.29, 0.717) is 17.2 Å². The Morgan fingerprint density at radius 1 is 0.885 bits per heavy atom. The molecule has 5 nitrogen and oxygen atoms in total. The van der Waals surface area contributed by atoms with Crippen LogP contribution >= 0.6 is 0 Å². The van der Waals surface area contributed by atoms with E-state index in [1.54, 1.807) is 30.3 Å². The lowest BCUT2D eigenvalue weighted by Crippen LogP contribution is -2.39. The maximum atomic E-state index is 12.5. The first kappa shape index (κ1) is 14.8. The zero-order valence-corrected chi connectivity index (χ0v) is 13.7. The molecule has 1 aliphatic rings. The fraction of sp³-hybridized carbons (Fsp3) is 0.0952. The Morgan fingerprint density at radius 3 is 2.58 bits per heavy atom. The van der Waals surface area contributed by atoms with Crippen LogP contribution in [0.15, 0.2) is 71.1 Å². The number of furan rings is 1. The summed E-state index contributed by atoms with van der Waals surface area (Å²) in [4.78, 5) is 12.5. The van der Waals surface area contributed by atoms with Crippen LogP contribution in [0.1, 0.15) is 0 Å². The number of rotatable bonds is 2. The van der Waals surface area contributed by atoms with Gasteiger partial charge in [-0.1, -0.05) is 30.3 Å². The van der Waals surface area contributed by atoms with Crippen molar-refractivity contribution >= 4 is 27.9 Å². The van der Waals surface area contributed by atoms with Gasteiger partial charge in [-0.15, -0.1) is 0 Å². The maximum absolute atomic E-state index is 12.5. The smallest absolute Gasteiger partial charge is 0.356 e. The highest BCUT2D eigenvalue weighted by molar-refractivity contribution is 6.05. The van der Waals surface area contributed by atoms with E-state index in [0.717, 1.165) is 21.9 Å². The number of hydrogen-bond donors (Lipinski definition) is 0. The molecule has 1 aliphatic heterocycles. The summed E-state index contributed by atoms with van der Waals surface area (Å²) in [5, 5.41) is 1.88. The van der Waals surface area contributed by atoms with Crippen molar-refractivity contribution < 1.29 is 23.4 Å². The van der Waals surface area contributed by atoms with Gasteiger partial charge in [-0.25, -0.2) is 4.79 Å². The Bertz CT molecular complexity index is 1130. The molecular formula is C21H14O5. The topological polar surface area (TPSA) is 57.9 Å². The van der Waals surface area contributed by atoms with Gasteiger partial charge in [-0.05, 0) is 36.4 Å². The third-order valence-corrected chi connectivity index (χ3v) is 4.34. The minimum Gasteiger partial charge on any atom is -0.485 e. The van der Waals surface area contributed by atoms with Gasteiger partial charge in [0.25, 0.3) is 0 Å². The fourth-order valence-corrected chi connectivity index (χ4v) is 3.09. The molecule has 0 fully saturated rings. The highest BCUT2D eigenvalue weighted by Gasteiger charge is 2.29. The summed E-state index contributed by atoms with van der Waals surface area (Å²) in [6.45, 7) is 0.118. The molecule has 0 N–H and O–H groups in total. The average Bonchev–Trinajstić information content (AvgIpc) is 3.05. The maximum Gasteiger partial charge on any atom is 0.356 e. The van der Waals surface area contributed by atoms with Crippen LogP contribution in [0.4, 0.5) is 0 Å². The Hall–Kier alpha value is -3.47. The van der Waals surface area contributed by atoms with Crippen molar-refractivity contribution in [3.63, 3.8) is 0 Å². The van der Waals surface area contributed by atoms with Gasteiger partial charge < -0.3 is 18.6 Å². The molecule has 5 rings (SSSR count). The number of benzene rings is 3. The first-order valence-electron chi connectivity index (χ1n) is 8.29. The quantitative estimate of drug-likeness (QED) is 0.399. The van der Waals surface area contributed by atoms with Gasteiger partial charge >= 0.3 is 5.97 Å². The molecule has 4 aromatic rings. The third-order valence-electron chi connectivity index (χ3n) is 4.34. The van der Waals surface area contributed by atoms with E-state index < -0.39 is 12.1 Å². The Labute approximate surface area is 148 Å². The number of carbonyl (C=O) groups is 1. The van der Waals surface area contributed by atoms with Crippen LogP contribution < -0.4 is 14.2 Å². The zero-order chi connectivity index (χ0) is 17.5. The van der Waals surface area contributed by atoms with Crippen LogP contribution in [0.3, 0.4) is 0 Å². The monoisotopic (exact) mass is 346 g/mol. The number of fused-ring (bicyclic) bond motifs is 4. The Kier molecular flexibility index (Phi) is 3.31. The predicted molar refractivity (Wildman–Crippen MR) is 95.7 cm³/mol. The fourth-order valence-electron chi connectivity index (χ4n) is 3.09. The molecule has 1 atom stereocenters. The van der Waals surface area contributed by atoms with Crippen molar-refractivity contribution in [3.05, 3.63) is 66.7 Å². The summed E-state index contributed by atoms with van der Waals surface area (Å²) in [7, 11) is 0. The molecule has 3 aromatic carbocycles. The van der Waals surface area contributed by atoms with Crippen LogP contribution in [-0.4, -0.2) is 18.7 Å². The van der Waals surface area contributed by atoms with Gasteiger partial charge in [0.1, 0.15) is 23.5 Å². The Morgan fingerprint density at radius 2 is 1.65 bits per heavy atom. The second-order valence-corrected chi connectivity index (χ2v) is 6.04. The summed E-state index contributed by atoms with van der Waals surface area (Å²) in [5.41, 5.74) is 1.55. The standard InChI is InChI=1S/C21H14O5/c22-21(20-12-23-18-7-3-4-8-19(18)26-20)24-13-9-10-17-15(11-13)14-5-1-2-6-16(14)25-17/h1-11,20H,12H2/t20-/m0/s1. The number of ether oxygens (including phenoxy) is 3. The first-order valence-corrected chi connectivity index (χ1v) is 8.29. The van der Waals surface area contributed by atoms with E-state index in [4.69, 9.17) is 18.6 Å². The molecule has 5 heteroatoms. The molecule has 1 aromatic heterocycles. The lowest BCUT2D eigenvalue weighted by Gasteiger charge is -2.24. The van der Waals surface area contributed by atoms with E-state index >= 15 is 0 Å². The molecule has 0 bridgehead atoms. The second-order valence-electron chi connectivity index (χ2n) is 6.04. The van der Waals surface area contributed by atoms with Crippen molar-refractivity contribution in [1.82, 2.24) is 0 Å². The van der Waals surface area contributed by atoms with Crippen LogP contribution in [0.25, 0.3) is 21.9 Å². The van der Waals surface area contributed by atoms with Crippen molar-refractivity contribution in [2.75, 3.05) is 6.61 Å². The molecule has 128 valence electrons. The summed E-state index contributed by atoms with van der Waals surface area (Å²) in [6, 6.07) is 20.3. The van der Waals surface area contributed by atoms with E-state index in [1.807, 2.05) is 36.4 Å². The van der Waals surface area contributed by atoms with E-state index in [-0.39, 0.29) is 6.61 Å².